The summed E-state index contributed by atoms with van der Waals surface area (Å²) in [6.07, 6.45) is 0.310. The van der Waals surface area contributed by atoms with Gasteiger partial charge in [-0.25, -0.2) is 8.78 Å². The zero-order valence-electron chi connectivity index (χ0n) is 24.4. The standard InChI is InChI=1S/C29H40B2F2O8/c1-5-34-21(3)36-17-22-14-24(32)9-11-27(22)31-40-19-29(4,20-41-31)16-28(35-6-2)37-18-23-15-25(33)8-10-26(23)30-38-12-7-13-39-30/h8-11,14-15,21,28H,5-7,12-13,16-20H2,1-4H3. The Kier molecular flexibility index (Phi) is 12.1. The quantitative estimate of drug-likeness (QED) is 0.249. The average Bonchev–Trinajstić information content (AvgIpc) is 2.96. The number of rotatable bonds is 14. The molecule has 2 fully saturated rings. The normalized spacial score (nSPS) is 18.9. The Morgan fingerprint density at radius 3 is 1.88 bits per heavy atom. The molecule has 0 spiro atoms. The van der Waals surface area contributed by atoms with Crippen LogP contribution in [0, 0.1) is 17.0 Å². The minimum Gasteiger partial charge on any atom is -0.407 e. The third-order valence-electron chi connectivity index (χ3n) is 7.02. The molecule has 12 heteroatoms. The van der Waals surface area contributed by atoms with E-state index in [0.717, 1.165) is 11.9 Å². The maximum absolute atomic E-state index is 14.1. The van der Waals surface area contributed by atoms with E-state index in [2.05, 4.69) is 0 Å². The third-order valence-corrected chi connectivity index (χ3v) is 7.02. The van der Waals surface area contributed by atoms with E-state index in [-0.39, 0.29) is 24.8 Å². The number of ether oxygens (including phenoxy) is 4. The van der Waals surface area contributed by atoms with Gasteiger partial charge in [-0.05, 0) is 73.5 Å². The van der Waals surface area contributed by atoms with Gasteiger partial charge >= 0.3 is 14.2 Å². The van der Waals surface area contributed by atoms with E-state index in [1.807, 2.05) is 20.8 Å². The van der Waals surface area contributed by atoms with Crippen LogP contribution >= 0.6 is 0 Å². The summed E-state index contributed by atoms with van der Waals surface area (Å²) in [4.78, 5) is 0. The fourth-order valence-electron chi connectivity index (χ4n) is 4.89. The first-order valence-corrected chi connectivity index (χ1v) is 14.3. The highest BCUT2D eigenvalue weighted by atomic mass is 19.1. The molecular weight excluding hydrogens is 536 g/mol. The van der Waals surface area contributed by atoms with Crippen molar-refractivity contribution in [2.24, 2.45) is 5.41 Å². The van der Waals surface area contributed by atoms with Gasteiger partial charge in [0.15, 0.2) is 12.6 Å². The number of halogens is 2. The molecule has 2 atom stereocenters. The van der Waals surface area contributed by atoms with Crippen LogP contribution in [0.4, 0.5) is 8.78 Å². The molecule has 0 saturated carbocycles. The van der Waals surface area contributed by atoms with Crippen LogP contribution in [0.15, 0.2) is 36.4 Å². The molecule has 0 aliphatic carbocycles. The molecule has 0 aromatic heterocycles. The molecule has 2 heterocycles. The Labute approximate surface area is 242 Å². The lowest BCUT2D eigenvalue weighted by Gasteiger charge is -2.38. The summed E-state index contributed by atoms with van der Waals surface area (Å²) >= 11 is 0. The summed E-state index contributed by atoms with van der Waals surface area (Å²) in [5.74, 6) is -0.724. The van der Waals surface area contributed by atoms with E-state index < -0.39 is 32.2 Å². The lowest BCUT2D eigenvalue weighted by atomic mass is 9.72. The molecule has 224 valence electrons. The van der Waals surface area contributed by atoms with E-state index in [1.54, 1.807) is 19.1 Å². The monoisotopic (exact) mass is 576 g/mol. The first kappa shape index (κ1) is 32.0. The van der Waals surface area contributed by atoms with Crippen molar-refractivity contribution < 1.29 is 46.3 Å². The second kappa shape index (κ2) is 15.5. The third kappa shape index (κ3) is 9.30. The Morgan fingerprint density at radius 1 is 0.780 bits per heavy atom. The van der Waals surface area contributed by atoms with E-state index >= 15 is 0 Å². The fourth-order valence-corrected chi connectivity index (χ4v) is 4.89. The van der Waals surface area contributed by atoms with Gasteiger partial charge in [0, 0.05) is 51.5 Å². The average molecular weight is 576 g/mol. The largest absolute Gasteiger partial charge is 0.494 e. The van der Waals surface area contributed by atoms with Crippen LogP contribution in [-0.4, -0.2) is 66.5 Å². The van der Waals surface area contributed by atoms with Crippen LogP contribution in [0.3, 0.4) is 0 Å². The lowest BCUT2D eigenvalue weighted by Crippen LogP contribution is -2.50. The van der Waals surface area contributed by atoms with Gasteiger partial charge in [0.2, 0.25) is 0 Å². The van der Waals surface area contributed by atoms with E-state index in [4.69, 9.17) is 37.6 Å². The molecular formula is C29H40B2F2O8. The summed E-state index contributed by atoms with van der Waals surface area (Å²) in [5, 5.41) is 0. The maximum Gasteiger partial charge on any atom is 0.494 e. The second-order valence-corrected chi connectivity index (χ2v) is 10.6. The minimum atomic E-state index is -0.665. The van der Waals surface area contributed by atoms with Gasteiger partial charge in [0.25, 0.3) is 0 Å². The zero-order valence-corrected chi connectivity index (χ0v) is 24.4. The van der Waals surface area contributed by atoms with Gasteiger partial charge in [-0.15, -0.1) is 0 Å². The molecule has 8 nitrogen and oxygen atoms in total. The van der Waals surface area contributed by atoms with Crippen LogP contribution in [0.1, 0.15) is 51.7 Å². The molecule has 2 aliphatic rings. The molecule has 2 saturated heterocycles. The fraction of sp³-hybridized carbons (Fsp3) is 0.586. The lowest BCUT2D eigenvalue weighted by molar-refractivity contribution is -0.173. The summed E-state index contributed by atoms with van der Waals surface area (Å²) in [6, 6.07) is 8.99. The predicted octanol–water partition coefficient (Wildman–Crippen LogP) is 3.71. The highest BCUT2D eigenvalue weighted by molar-refractivity contribution is 6.62. The Hall–Kier alpha value is -1.89. The Bertz CT molecular complexity index is 1100. The molecule has 41 heavy (non-hydrogen) atoms. The maximum atomic E-state index is 14.1. The van der Waals surface area contributed by atoms with Gasteiger partial charge in [-0.1, -0.05) is 19.1 Å². The Morgan fingerprint density at radius 2 is 1.32 bits per heavy atom. The van der Waals surface area contributed by atoms with E-state index in [0.29, 0.717) is 62.7 Å². The van der Waals surface area contributed by atoms with Crippen molar-refractivity contribution in [1.82, 2.24) is 0 Å². The Balaban J connectivity index is 1.37. The molecule has 2 aromatic carbocycles. The highest BCUT2D eigenvalue weighted by Gasteiger charge is 2.39. The molecule has 4 rings (SSSR count). The van der Waals surface area contributed by atoms with Crippen LogP contribution in [0.2, 0.25) is 0 Å². The SMILES string of the molecule is CCOC(C)OCc1cc(F)ccc1B1OCC(C)(CC(OCC)OCc2cc(F)ccc2B2OCCCO2)CO1. The molecule has 0 amide bonds. The predicted molar refractivity (Wildman–Crippen MR) is 151 cm³/mol. The molecule has 2 aromatic rings. The molecule has 2 aliphatic heterocycles. The number of hydrogen-bond acceptors (Lipinski definition) is 8. The first-order valence-electron chi connectivity index (χ1n) is 14.3. The minimum absolute atomic E-state index is 0.126. The summed E-state index contributed by atoms with van der Waals surface area (Å²) in [7, 11) is -1.21. The van der Waals surface area contributed by atoms with Gasteiger partial charge in [-0.3, -0.25) is 0 Å². The summed E-state index contributed by atoms with van der Waals surface area (Å²) in [5.41, 5.74) is 2.32. The second-order valence-electron chi connectivity index (χ2n) is 10.6. The van der Waals surface area contributed by atoms with Gasteiger partial charge in [0.05, 0.1) is 13.2 Å². The van der Waals surface area contributed by atoms with Crippen molar-refractivity contribution in [2.75, 3.05) is 39.6 Å². The van der Waals surface area contributed by atoms with Crippen molar-refractivity contribution in [3.63, 3.8) is 0 Å². The van der Waals surface area contributed by atoms with E-state index in [9.17, 15) is 8.78 Å². The van der Waals surface area contributed by atoms with Crippen molar-refractivity contribution >= 4 is 25.2 Å². The van der Waals surface area contributed by atoms with Crippen LogP contribution in [0.25, 0.3) is 0 Å². The van der Waals surface area contributed by atoms with Crippen LogP contribution in [0.5, 0.6) is 0 Å². The van der Waals surface area contributed by atoms with Crippen LogP contribution in [-0.2, 0) is 50.8 Å². The molecule has 0 bridgehead atoms. The van der Waals surface area contributed by atoms with Crippen LogP contribution < -0.4 is 10.9 Å². The van der Waals surface area contributed by atoms with Gasteiger partial charge in [-0.2, -0.15) is 0 Å². The molecule has 2 unspecified atom stereocenters. The summed E-state index contributed by atoms with van der Waals surface area (Å²) in [6.45, 7) is 10.8. The van der Waals surface area contributed by atoms with E-state index in [1.165, 1.54) is 24.3 Å². The number of benzene rings is 2. The topological polar surface area (TPSA) is 73.8 Å². The van der Waals surface area contributed by atoms with Crippen molar-refractivity contribution in [1.29, 1.82) is 0 Å². The van der Waals surface area contributed by atoms with Gasteiger partial charge < -0.3 is 37.6 Å². The van der Waals surface area contributed by atoms with Crippen molar-refractivity contribution in [3.05, 3.63) is 59.2 Å². The smallest absolute Gasteiger partial charge is 0.407 e. The first-order chi connectivity index (χ1) is 19.8. The zero-order chi connectivity index (χ0) is 29.2. The molecule has 0 N–H and O–H groups in total. The van der Waals surface area contributed by atoms with Crippen molar-refractivity contribution in [3.8, 4) is 0 Å². The highest BCUT2D eigenvalue weighted by Crippen LogP contribution is 2.30. The van der Waals surface area contributed by atoms with Gasteiger partial charge in [0.1, 0.15) is 11.6 Å². The summed E-state index contributed by atoms with van der Waals surface area (Å²) < 4.78 is 75.1. The molecule has 0 radical (unpaired) electrons. The number of hydrogen-bond donors (Lipinski definition) is 0. The van der Waals surface area contributed by atoms with Crippen molar-refractivity contribution in [2.45, 2.75) is 66.3 Å².